The van der Waals surface area contributed by atoms with Crippen molar-refractivity contribution in [3.63, 3.8) is 0 Å². The number of nitrogens with one attached hydrogen (secondary N) is 1. The van der Waals surface area contributed by atoms with Crippen LogP contribution in [-0.4, -0.2) is 52.6 Å². The Kier molecular flexibility index (Phi) is 4.83. The standard InChI is InChI=1S/C16H24N2O3/c1-19-13-4-5-16(21-14-3-2-10-20-12-14)15(11-13)18-8-6-17-7-9-18/h4-5,11,14,17H,2-3,6-10,12H2,1H3. The maximum absolute atomic E-state index is 6.20. The molecule has 5 heteroatoms. The first kappa shape index (κ1) is 14.5. The Labute approximate surface area is 126 Å². The van der Waals surface area contributed by atoms with E-state index in [-0.39, 0.29) is 6.10 Å². The second-order valence-electron chi connectivity index (χ2n) is 5.53. The van der Waals surface area contributed by atoms with Crippen LogP contribution in [0.1, 0.15) is 12.8 Å². The van der Waals surface area contributed by atoms with Gasteiger partial charge in [0, 0.05) is 38.9 Å². The topological polar surface area (TPSA) is 43.0 Å². The van der Waals surface area contributed by atoms with E-state index in [1.54, 1.807) is 7.11 Å². The number of hydrogen-bond donors (Lipinski definition) is 1. The van der Waals surface area contributed by atoms with Gasteiger partial charge in [-0.1, -0.05) is 0 Å². The molecule has 0 amide bonds. The Morgan fingerprint density at radius 1 is 1.29 bits per heavy atom. The average Bonchev–Trinajstić information content (AvgIpc) is 2.57. The van der Waals surface area contributed by atoms with Gasteiger partial charge in [0.25, 0.3) is 0 Å². The normalized spacial score (nSPS) is 22.9. The van der Waals surface area contributed by atoms with Crippen molar-refractivity contribution in [3.05, 3.63) is 18.2 Å². The lowest BCUT2D eigenvalue weighted by Crippen LogP contribution is -2.43. The minimum atomic E-state index is 0.161. The van der Waals surface area contributed by atoms with Gasteiger partial charge in [-0.25, -0.2) is 0 Å². The monoisotopic (exact) mass is 292 g/mol. The first-order valence-electron chi connectivity index (χ1n) is 7.75. The second kappa shape index (κ2) is 7.00. The maximum atomic E-state index is 6.20. The molecule has 21 heavy (non-hydrogen) atoms. The smallest absolute Gasteiger partial charge is 0.143 e. The number of piperazine rings is 1. The summed E-state index contributed by atoms with van der Waals surface area (Å²) >= 11 is 0. The van der Waals surface area contributed by atoms with Crippen molar-refractivity contribution in [2.24, 2.45) is 0 Å². The molecule has 5 nitrogen and oxygen atoms in total. The quantitative estimate of drug-likeness (QED) is 0.914. The number of rotatable bonds is 4. The summed E-state index contributed by atoms with van der Waals surface area (Å²) in [5.41, 5.74) is 1.13. The molecule has 2 fully saturated rings. The molecule has 0 bridgehead atoms. The van der Waals surface area contributed by atoms with Gasteiger partial charge in [-0.2, -0.15) is 0 Å². The largest absolute Gasteiger partial charge is 0.497 e. The molecule has 0 aliphatic carbocycles. The Hall–Kier alpha value is -1.46. The van der Waals surface area contributed by atoms with Crippen molar-refractivity contribution < 1.29 is 14.2 Å². The van der Waals surface area contributed by atoms with Crippen molar-refractivity contribution >= 4 is 5.69 Å². The summed E-state index contributed by atoms with van der Waals surface area (Å²) in [6.45, 7) is 5.53. The molecule has 1 aromatic rings. The van der Waals surface area contributed by atoms with Gasteiger partial charge >= 0.3 is 0 Å². The highest BCUT2D eigenvalue weighted by atomic mass is 16.5. The molecule has 2 saturated heterocycles. The van der Waals surface area contributed by atoms with Crippen LogP contribution in [0.15, 0.2) is 18.2 Å². The van der Waals surface area contributed by atoms with Gasteiger partial charge in [0.05, 0.1) is 19.4 Å². The van der Waals surface area contributed by atoms with E-state index >= 15 is 0 Å². The van der Waals surface area contributed by atoms with Gasteiger partial charge in [0.2, 0.25) is 0 Å². The fourth-order valence-electron chi connectivity index (χ4n) is 2.86. The molecule has 1 atom stereocenters. The highest BCUT2D eigenvalue weighted by Gasteiger charge is 2.20. The van der Waals surface area contributed by atoms with Crippen LogP contribution in [0.3, 0.4) is 0 Å². The van der Waals surface area contributed by atoms with Crippen LogP contribution in [0.25, 0.3) is 0 Å². The molecular formula is C16H24N2O3. The third kappa shape index (κ3) is 3.60. The Morgan fingerprint density at radius 3 is 2.86 bits per heavy atom. The predicted octanol–water partition coefficient (Wildman–Crippen LogP) is 1.66. The lowest BCUT2D eigenvalue weighted by atomic mass is 10.1. The zero-order valence-corrected chi connectivity index (χ0v) is 12.6. The summed E-state index contributed by atoms with van der Waals surface area (Å²) in [5, 5.41) is 3.38. The molecule has 1 aromatic carbocycles. The third-order valence-corrected chi connectivity index (χ3v) is 4.04. The first-order valence-corrected chi connectivity index (χ1v) is 7.75. The Balaban J connectivity index is 1.79. The van der Waals surface area contributed by atoms with Gasteiger partial charge in [0.1, 0.15) is 17.6 Å². The minimum Gasteiger partial charge on any atom is -0.497 e. The molecule has 2 aliphatic heterocycles. The van der Waals surface area contributed by atoms with Gasteiger partial charge in [-0.3, -0.25) is 0 Å². The van der Waals surface area contributed by atoms with E-state index in [0.29, 0.717) is 6.61 Å². The van der Waals surface area contributed by atoms with Crippen molar-refractivity contribution in [1.82, 2.24) is 5.32 Å². The second-order valence-corrected chi connectivity index (χ2v) is 5.53. The van der Waals surface area contributed by atoms with Crippen LogP contribution in [0.4, 0.5) is 5.69 Å². The summed E-state index contributed by atoms with van der Waals surface area (Å²) < 4.78 is 17.1. The lowest BCUT2D eigenvalue weighted by Gasteiger charge is -2.32. The Bertz CT molecular complexity index is 455. The van der Waals surface area contributed by atoms with Gasteiger partial charge in [-0.05, 0) is 25.0 Å². The molecule has 0 radical (unpaired) electrons. The van der Waals surface area contributed by atoms with Crippen molar-refractivity contribution in [2.45, 2.75) is 18.9 Å². The zero-order valence-electron chi connectivity index (χ0n) is 12.6. The highest BCUT2D eigenvalue weighted by Crippen LogP contribution is 2.34. The van der Waals surface area contributed by atoms with Crippen LogP contribution >= 0.6 is 0 Å². The molecule has 0 spiro atoms. The number of anilines is 1. The van der Waals surface area contributed by atoms with Crippen molar-refractivity contribution in [3.8, 4) is 11.5 Å². The fourth-order valence-corrected chi connectivity index (χ4v) is 2.86. The van der Waals surface area contributed by atoms with Gasteiger partial charge < -0.3 is 24.4 Å². The SMILES string of the molecule is COc1ccc(OC2CCCOC2)c(N2CCNCC2)c1. The number of ether oxygens (including phenoxy) is 3. The molecule has 0 aromatic heterocycles. The van der Waals surface area contributed by atoms with Crippen molar-refractivity contribution in [2.75, 3.05) is 51.4 Å². The van der Waals surface area contributed by atoms with Gasteiger partial charge in [-0.15, -0.1) is 0 Å². The van der Waals surface area contributed by atoms with E-state index in [2.05, 4.69) is 16.3 Å². The number of methoxy groups -OCH3 is 1. The van der Waals surface area contributed by atoms with Crippen LogP contribution in [0, 0.1) is 0 Å². The van der Waals surface area contributed by atoms with E-state index < -0.39 is 0 Å². The lowest BCUT2D eigenvalue weighted by molar-refractivity contribution is 0.00760. The summed E-state index contributed by atoms with van der Waals surface area (Å²) in [6.07, 6.45) is 2.30. The predicted molar refractivity (Wildman–Crippen MR) is 82.5 cm³/mol. The Morgan fingerprint density at radius 2 is 2.14 bits per heavy atom. The molecule has 2 aliphatic rings. The summed E-state index contributed by atoms with van der Waals surface area (Å²) in [5.74, 6) is 1.81. The molecule has 116 valence electrons. The zero-order chi connectivity index (χ0) is 14.5. The number of nitrogens with zero attached hydrogens (tertiary/aromatic N) is 1. The third-order valence-electron chi connectivity index (χ3n) is 4.04. The van der Waals surface area contributed by atoms with E-state index in [1.807, 2.05) is 12.1 Å². The van der Waals surface area contributed by atoms with Crippen LogP contribution in [0.5, 0.6) is 11.5 Å². The summed E-state index contributed by atoms with van der Waals surface area (Å²) in [6, 6.07) is 6.06. The van der Waals surface area contributed by atoms with Crippen LogP contribution in [-0.2, 0) is 4.74 Å². The maximum Gasteiger partial charge on any atom is 0.143 e. The van der Waals surface area contributed by atoms with E-state index in [1.165, 1.54) is 0 Å². The first-order chi connectivity index (χ1) is 10.4. The van der Waals surface area contributed by atoms with E-state index in [9.17, 15) is 0 Å². The van der Waals surface area contributed by atoms with Gasteiger partial charge in [0.15, 0.2) is 0 Å². The fraction of sp³-hybridized carbons (Fsp3) is 0.625. The summed E-state index contributed by atoms with van der Waals surface area (Å²) in [4.78, 5) is 2.36. The molecular weight excluding hydrogens is 268 g/mol. The highest BCUT2D eigenvalue weighted by molar-refractivity contribution is 5.62. The summed E-state index contributed by atoms with van der Waals surface area (Å²) in [7, 11) is 1.70. The molecule has 1 N–H and O–H groups in total. The minimum absolute atomic E-state index is 0.161. The van der Waals surface area contributed by atoms with E-state index in [4.69, 9.17) is 14.2 Å². The molecule has 3 rings (SSSR count). The molecule has 0 saturated carbocycles. The number of benzene rings is 1. The number of hydrogen-bond acceptors (Lipinski definition) is 5. The van der Waals surface area contributed by atoms with Crippen LogP contribution < -0.4 is 19.7 Å². The molecule has 2 heterocycles. The van der Waals surface area contributed by atoms with Crippen LogP contribution in [0.2, 0.25) is 0 Å². The average molecular weight is 292 g/mol. The van der Waals surface area contributed by atoms with Crippen molar-refractivity contribution in [1.29, 1.82) is 0 Å². The van der Waals surface area contributed by atoms with E-state index in [0.717, 1.165) is 62.8 Å². The molecule has 1 unspecified atom stereocenters.